The molecule has 3 amide bonds. The van der Waals surface area contributed by atoms with Crippen LogP contribution >= 0.6 is 11.8 Å². The van der Waals surface area contributed by atoms with Gasteiger partial charge in [-0.25, -0.2) is 9.97 Å². The number of nitrogens with zero attached hydrogens (tertiary/aromatic N) is 5. The zero-order chi connectivity index (χ0) is 20.2. The molecule has 0 unspecified atom stereocenters. The van der Waals surface area contributed by atoms with Gasteiger partial charge < -0.3 is 14.5 Å². The minimum atomic E-state index is -0.404. The van der Waals surface area contributed by atoms with Crippen molar-refractivity contribution in [2.45, 2.75) is 0 Å². The fourth-order valence-electron chi connectivity index (χ4n) is 3.36. The minimum absolute atomic E-state index is 0.147. The Kier molecular flexibility index (Phi) is 6.07. The molecule has 0 spiro atoms. The van der Waals surface area contributed by atoms with E-state index in [4.69, 9.17) is 4.74 Å². The van der Waals surface area contributed by atoms with E-state index < -0.39 is 5.91 Å². The number of carbonyl (C=O) groups excluding carboxylic acids is 3. The number of imide groups is 1. The maximum Gasteiger partial charge on any atom is 0.290 e. The van der Waals surface area contributed by atoms with Gasteiger partial charge in [-0.15, -0.1) is 0 Å². The van der Waals surface area contributed by atoms with Crippen LogP contribution in [0.3, 0.4) is 0 Å². The van der Waals surface area contributed by atoms with Crippen LogP contribution in [0, 0.1) is 0 Å². The number of anilines is 1. The number of rotatable bonds is 4. The molecule has 0 saturated carbocycles. The maximum atomic E-state index is 12.4. The number of aromatic nitrogens is 2. The number of piperazine rings is 1. The van der Waals surface area contributed by atoms with Crippen molar-refractivity contribution in [3.8, 4) is 0 Å². The number of ether oxygens (including phenoxy) is 1. The normalized spacial score (nSPS) is 22.3. The lowest BCUT2D eigenvalue weighted by Gasteiger charge is -2.36. The van der Waals surface area contributed by atoms with Crippen molar-refractivity contribution in [2.24, 2.45) is 0 Å². The Hall–Kier alpha value is -2.50. The summed E-state index contributed by atoms with van der Waals surface area (Å²) in [6.45, 7) is 5.88. The van der Waals surface area contributed by atoms with E-state index in [0.717, 1.165) is 24.9 Å². The van der Waals surface area contributed by atoms with Crippen LogP contribution in [-0.2, 0) is 14.3 Å². The highest BCUT2D eigenvalue weighted by atomic mass is 32.2. The van der Waals surface area contributed by atoms with Gasteiger partial charge in [0, 0.05) is 45.5 Å². The third kappa shape index (κ3) is 4.92. The Morgan fingerprint density at radius 2 is 1.93 bits per heavy atom. The van der Waals surface area contributed by atoms with E-state index >= 15 is 0 Å². The molecule has 0 radical (unpaired) electrons. The van der Waals surface area contributed by atoms with Crippen LogP contribution in [0.15, 0.2) is 17.2 Å². The summed E-state index contributed by atoms with van der Waals surface area (Å²) in [4.78, 5) is 50.6. The van der Waals surface area contributed by atoms with Gasteiger partial charge in [0.25, 0.3) is 11.1 Å². The van der Waals surface area contributed by atoms with Crippen LogP contribution in [0.4, 0.5) is 10.7 Å². The molecule has 10 nitrogen and oxygen atoms in total. The first kappa shape index (κ1) is 19.8. The van der Waals surface area contributed by atoms with Gasteiger partial charge in [-0.1, -0.05) is 0 Å². The zero-order valence-corrected chi connectivity index (χ0v) is 16.7. The molecule has 0 aliphatic carbocycles. The van der Waals surface area contributed by atoms with E-state index in [1.165, 1.54) is 0 Å². The third-order valence-corrected chi connectivity index (χ3v) is 5.77. The lowest BCUT2D eigenvalue weighted by atomic mass is 10.3. The first-order valence-corrected chi connectivity index (χ1v) is 10.3. The first-order chi connectivity index (χ1) is 14.1. The highest BCUT2D eigenvalue weighted by Crippen LogP contribution is 2.25. The second kappa shape index (κ2) is 8.89. The second-order valence-electron chi connectivity index (χ2n) is 6.89. The van der Waals surface area contributed by atoms with E-state index in [9.17, 15) is 14.4 Å². The smallest absolute Gasteiger partial charge is 0.290 e. The van der Waals surface area contributed by atoms with Gasteiger partial charge in [-0.3, -0.25) is 24.6 Å². The van der Waals surface area contributed by atoms with Gasteiger partial charge in [-0.2, -0.15) is 0 Å². The Balaban J connectivity index is 1.33. The number of carbonyl (C=O) groups is 3. The molecule has 0 atom stereocenters. The molecular weight excluding hydrogens is 396 g/mol. The van der Waals surface area contributed by atoms with Crippen molar-refractivity contribution in [3.05, 3.63) is 22.9 Å². The molecule has 0 aromatic carbocycles. The first-order valence-electron chi connectivity index (χ1n) is 9.49. The van der Waals surface area contributed by atoms with E-state index in [-0.39, 0.29) is 11.1 Å². The van der Waals surface area contributed by atoms with Gasteiger partial charge in [0.2, 0.25) is 11.9 Å². The Morgan fingerprint density at radius 3 is 2.62 bits per heavy atom. The number of hydrogen-bond donors (Lipinski definition) is 1. The largest absolute Gasteiger partial charge is 0.378 e. The van der Waals surface area contributed by atoms with Crippen LogP contribution in [0.25, 0.3) is 6.08 Å². The molecular formula is C18H22N6O4S. The highest BCUT2D eigenvalue weighted by molar-refractivity contribution is 8.18. The molecule has 1 aromatic rings. The van der Waals surface area contributed by atoms with Crippen molar-refractivity contribution >= 4 is 40.8 Å². The van der Waals surface area contributed by atoms with Crippen LogP contribution < -0.4 is 10.2 Å². The van der Waals surface area contributed by atoms with Crippen LogP contribution in [0.2, 0.25) is 0 Å². The number of amides is 3. The van der Waals surface area contributed by atoms with Crippen LogP contribution in [-0.4, -0.2) is 95.8 Å². The molecule has 29 heavy (non-hydrogen) atoms. The van der Waals surface area contributed by atoms with Crippen LogP contribution in [0.1, 0.15) is 5.69 Å². The van der Waals surface area contributed by atoms with E-state index in [2.05, 4.69) is 25.1 Å². The van der Waals surface area contributed by atoms with Crippen LogP contribution in [0.5, 0.6) is 0 Å². The van der Waals surface area contributed by atoms with E-state index in [0.29, 0.717) is 62.5 Å². The molecule has 4 rings (SSSR count). The summed E-state index contributed by atoms with van der Waals surface area (Å²) in [5.41, 5.74) is 0.576. The number of thioether (sulfide) groups is 1. The molecule has 1 aromatic heterocycles. The predicted molar refractivity (Wildman–Crippen MR) is 107 cm³/mol. The highest BCUT2D eigenvalue weighted by Gasteiger charge is 2.26. The van der Waals surface area contributed by atoms with E-state index in [1.807, 2.05) is 4.90 Å². The van der Waals surface area contributed by atoms with Gasteiger partial charge >= 0.3 is 0 Å². The number of nitrogens with one attached hydrogen (secondary N) is 1. The molecule has 3 fully saturated rings. The van der Waals surface area contributed by atoms with Crippen molar-refractivity contribution < 1.29 is 19.1 Å². The van der Waals surface area contributed by atoms with Crippen molar-refractivity contribution in [3.63, 3.8) is 0 Å². The number of morpholine rings is 1. The lowest BCUT2D eigenvalue weighted by Crippen LogP contribution is -2.51. The molecule has 1 N–H and O–H groups in total. The summed E-state index contributed by atoms with van der Waals surface area (Å²) in [7, 11) is 0. The van der Waals surface area contributed by atoms with Crippen molar-refractivity contribution in [2.75, 3.05) is 63.9 Å². The Morgan fingerprint density at radius 1 is 1.17 bits per heavy atom. The van der Waals surface area contributed by atoms with Gasteiger partial charge in [-0.05, 0) is 23.9 Å². The monoisotopic (exact) mass is 418 g/mol. The summed E-state index contributed by atoms with van der Waals surface area (Å²) in [6, 6.07) is 1.70. The van der Waals surface area contributed by atoms with Gasteiger partial charge in [0.15, 0.2) is 0 Å². The van der Waals surface area contributed by atoms with Crippen molar-refractivity contribution in [1.29, 1.82) is 0 Å². The fraction of sp³-hybridized carbons (Fsp3) is 0.500. The summed E-state index contributed by atoms with van der Waals surface area (Å²) in [6.07, 6.45) is 3.23. The molecule has 3 saturated heterocycles. The third-order valence-electron chi connectivity index (χ3n) is 4.96. The standard InChI is InChI=1S/C18H22N6O4S/c25-15(23-7-9-28-10-8-23)12-22-3-5-24(6-4-22)17-19-2-1-13(20-17)11-14-16(26)21-18(27)29-14/h1-2,11H,3-10,12H2,(H,21,26,27). The quantitative estimate of drug-likeness (QED) is 0.664. The van der Waals surface area contributed by atoms with E-state index in [1.54, 1.807) is 18.3 Å². The van der Waals surface area contributed by atoms with Gasteiger partial charge in [0.05, 0.1) is 30.4 Å². The topological polar surface area (TPSA) is 108 Å². The predicted octanol–water partition coefficient (Wildman–Crippen LogP) is -0.219. The summed E-state index contributed by atoms with van der Waals surface area (Å²) < 4.78 is 5.29. The lowest BCUT2D eigenvalue weighted by molar-refractivity contribution is -0.136. The Labute approximate surface area is 172 Å². The summed E-state index contributed by atoms with van der Waals surface area (Å²) in [5, 5.41) is 1.85. The second-order valence-corrected chi connectivity index (χ2v) is 7.90. The number of hydrogen-bond acceptors (Lipinski definition) is 9. The van der Waals surface area contributed by atoms with Crippen molar-refractivity contribution in [1.82, 2.24) is 25.1 Å². The molecule has 11 heteroatoms. The average molecular weight is 418 g/mol. The summed E-state index contributed by atoms with van der Waals surface area (Å²) >= 11 is 0.865. The molecule has 0 bridgehead atoms. The Bertz CT molecular complexity index is 833. The molecule has 4 heterocycles. The molecule has 154 valence electrons. The molecule has 3 aliphatic heterocycles. The summed E-state index contributed by atoms with van der Waals surface area (Å²) in [5.74, 6) is 0.320. The minimum Gasteiger partial charge on any atom is -0.378 e. The SMILES string of the molecule is O=C1NC(=O)C(=Cc2ccnc(N3CCN(CC(=O)N4CCOCC4)CC3)n2)S1. The maximum absolute atomic E-state index is 12.4. The van der Waals surface area contributed by atoms with Gasteiger partial charge in [0.1, 0.15) is 0 Å². The zero-order valence-electron chi connectivity index (χ0n) is 15.9. The molecule has 3 aliphatic rings. The fourth-order valence-corrected chi connectivity index (χ4v) is 4.03. The average Bonchev–Trinajstić information content (AvgIpc) is 3.06.